The van der Waals surface area contributed by atoms with Gasteiger partial charge in [0.2, 0.25) is 11.9 Å². The Labute approximate surface area is 129 Å². The molecule has 3 rings (SSSR count). The quantitative estimate of drug-likeness (QED) is 0.895. The maximum absolute atomic E-state index is 11.5. The fraction of sp³-hybridized carbons (Fsp3) is 0.438. The van der Waals surface area contributed by atoms with Crippen molar-refractivity contribution < 1.29 is 4.79 Å². The highest BCUT2D eigenvalue weighted by molar-refractivity contribution is 5.83. The van der Waals surface area contributed by atoms with Crippen molar-refractivity contribution in [1.29, 1.82) is 0 Å². The molecule has 116 valence electrons. The predicted octanol–water partition coefficient (Wildman–Crippen LogP) is 1.05. The van der Waals surface area contributed by atoms with Crippen molar-refractivity contribution in [2.24, 2.45) is 12.8 Å². The molecule has 1 atom stereocenters. The average Bonchev–Trinajstić information content (AvgIpc) is 3.12. The molecule has 0 radical (unpaired) electrons. The zero-order valence-corrected chi connectivity index (χ0v) is 12.8. The molecule has 1 aliphatic rings. The van der Waals surface area contributed by atoms with Gasteiger partial charge in [0.25, 0.3) is 0 Å². The molecule has 1 amide bonds. The number of benzene rings is 1. The fourth-order valence-electron chi connectivity index (χ4n) is 2.99. The number of rotatable bonds is 5. The largest absolute Gasteiger partial charge is 0.368 e. The second-order valence-corrected chi connectivity index (χ2v) is 5.69. The number of carbonyl (C=O) groups excluding carboxylic acids is 1. The maximum Gasteiger partial charge on any atom is 0.240 e. The summed E-state index contributed by atoms with van der Waals surface area (Å²) in [6.45, 7) is 0.804. The highest BCUT2D eigenvalue weighted by Crippen LogP contribution is 2.23. The van der Waals surface area contributed by atoms with Crippen molar-refractivity contribution in [1.82, 2.24) is 14.8 Å². The summed E-state index contributed by atoms with van der Waals surface area (Å²) in [6.07, 6.45) is 3.44. The van der Waals surface area contributed by atoms with E-state index >= 15 is 0 Å². The molecule has 0 bridgehead atoms. The number of carbonyl (C=O) groups is 1. The van der Waals surface area contributed by atoms with Crippen LogP contribution in [0.15, 0.2) is 30.3 Å². The minimum atomic E-state index is -0.286. The molecular weight excluding hydrogens is 278 g/mol. The molecule has 22 heavy (non-hydrogen) atoms. The molecule has 0 saturated carbocycles. The van der Waals surface area contributed by atoms with Crippen LogP contribution >= 0.6 is 0 Å². The third-order valence-electron chi connectivity index (χ3n) is 4.10. The van der Waals surface area contributed by atoms with Crippen LogP contribution < -0.4 is 10.6 Å². The van der Waals surface area contributed by atoms with E-state index in [0.29, 0.717) is 0 Å². The monoisotopic (exact) mass is 299 g/mol. The van der Waals surface area contributed by atoms with Crippen LogP contribution in [0.25, 0.3) is 0 Å². The predicted molar refractivity (Wildman–Crippen MR) is 84.4 cm³/mol. The van der Waals surface area contributed by atoms with Gasteiger partial charge in [0.1, 0.15) is 6.04 Å². The van der Waals surface area contributed by atoms with E-state index in [1.54, 1.807) is 4.68 Å². The van der Waals surface area contributed by atoms with Crippen LogP contribution in [-0.2, 0) is 24.7 Å². The summed E-state index contributed by atoms with van der Waals surface area (Å²) < 4.78 is 1.75. The minimum Gasteiger partial charge on any atom is -0.368 e. The molecule has 6 nitrogen and oxygen atoms in total. The van der Waals surface area contributed by atoms with E-state index < -0.39 is 0 Å². The van der Waals surface area contributed by atoms with E-state index in [2.05, 4.69) is 22.2 Å². The first-order chi connectivity index (χ1) is 10.6. The van der Waals surface area contributed by atoms with E-state index in [9.17, 15) is 4.79 Å². The second kappa shape index (κ2) is 6.17. The van der Waals surface area contributed by atoms with E-state index in [1.165, 1.54) is 5.56 Å². The van der Waals surface area contributed by atoms with Gasteiger partial charge in [-0.1, -0.05) is 30.3 Å². The van der Waals surface area contributed by atoms with Crippen molar-refractivity contribution >= 4 is 11.9 Å². The van der Waals surface area contributed by atoms with Crippen molar-refractivity contribution in [2.45, 2.75) is 31.7 Å². The maximum atomic E-state index is 11.5. The highest BCUT2D eigenvalue weighted by Gasteiger charge is 2.32. The molecule has 1 aromatic heterocycles. The molecule has 2 aromatic rings. The third kappa shape index (κ3) is 2.95. The molecule has 0 spiro atoms. The molecule has 1 fully saturated rings. The molecule has 2 N–H and O–H groups in total. The highest BCUT2D eigenvalue weighted by atomic mass is 16.1. The Morgan fingerprint density at radius 3 is 2.82 bits per heavy atom. The first kappa shape index (κ1) is 14.6. The number of hydrogen-bond donors (Lipinski definition) is 1. The number of primary amides is 1. The Morgan fingerprint density at radius 2 is 2.09 bits per heavy atom. The van der Waals surface area contributed by atoms with Crippen molar-refractivity contribution in [3.63, 3.8) is 0 Å². The van der Waals surface area contributed by atoms with Gasteiger partial charge >= 0.3 is 0 Å². The van der Waals surface area contributed by atoms with Gasteiger partial charge in [0.15, 0.2) is 5.82 Å². The Balaban J connectivity index is 1.72. The first-order valence-electron chi connectivity index (χ1n) is 7.65. The molecule has 2 heterocycles. The topological polar surface area (TPSA) is 77.0 Å². The van der Waals surface area contributed by atoms with E-state index in [1.807, 2.05) is 30.1 Å². The Hall–Kier alpha value is -2.37. The van der Waals surface area contributed by atoms with Gasteiger partial charge in [-0.3, -0.25) is 4.79 Å². The summed E-state index contributed by atoms with van der Waals surface area (Å²) in [6, 6.07) is 10.0. The number of aromatic nitrogens is 3. The molecule has 0 aliphatic carbocycles. The fourth-order valence-corrected chi connectivity index (χ4v) is 2.99. The Bertz CT molecular complexity index is 652. The van der Waals surface area contributed by atoms with Crippen molar-refractivity contribution in [3.8, 4) is 0 Å². The van der Waals surface area contributed by atoms with E-state index in [0.717, 1.165) is 44.0 Å². The lowest BCUT2D eigenvalue weighted by molar-refractivity contribution is -0.119. The van der Waals surface area contributed by atoms with Crippen LogP contribution in [0.1, 0.15) is 24.2 Å². The van der Waals surface area contributed by atoms with Crippen LogP contribution in [0.3, 0.4) is 0 Å². The average molecular weight is 299 g/mol. The summed E-state index contributed by atoms with van der Waals surface area (Å²) in [5, 5.41) is 4.48. The number of amides is 1. The molecule has 1 aliphatic heterocycles. The molecule has 6 heteroatoms. The molecular formula is C16H21N5O. The van der Waals surface area contributed by atoms with Crippen molar-refractivity contribution in [2.75, 3.05) is 11.4 Å². The Morgan fingerprint density at radius 1 is 1.32 bits per heavy atom. The van der Waals surface area contributed by atoms with Crippen LogP contribution in [0.2, 0.25) is 0 Å². The summed E-state index contributed by atoms with van der Waals surface area (Å²) in [5.74, 6) is 1.26. The Kier molecular flexibility index (Phi) is 4.09. The van der Waals surface area contributed by atoms with Gasteiger partial charge in [-0.2, -0.15) is 10.1 Å². The van der Waals surface area contributed by atoms with Crippen LogP contribution in [-0.4, -0.2) is 33.3 Å². The second-order valence-electron chi connectivity index (χ2n) is 5.69. The smallest absolute Gasteiger partial charge is 0.240 e. The summed E-state index contributed by atoms with van der Waals surface area (Å²) in [4.78, 5) is 18.1. The first-order valence-corrected chi connectivity index (χ1v) is 7.65. The number of aryl methyl sites for hydroxylation is 3. The summed E-state index contributed by atoms with van der Waals surface area (Å²) in [7, 11) is 1.87. The lowest BCUT2D eigenvalue weighted by atomic mass is 10.1. The number of anilines is 1. The van der Waals surface area contributed by atoms with Gasteiger partial charge < -0.3 is 10.6 Å². The SMILES string of the molecule is Cn1nc(CCc2ccccc2)nc1N1CCCC1C(N)=O. The van der Waals surface area contributed by atoms with Gasteiger partial charge in [-0.05, 0) is 24.8 Å². The van der Waals surface area contributed by atoms with Crippen LogP contribution in [0, 0.1) is 0 Å². The van der Waals surface area contributed by atoms with Gasteiger partial charge in [0, 0.05) is 20.0 Å². The zero-order valence-electron chi connectivity index (χ0n) is 12.8. The summed E-state index contributed by atoms with van der Waals surface area (Å²) in [5.41, 5.74) is 6.75. The van der Waals surface area contributed by atoms with Gasteiger partial charge in [-0.15, -0.1) is 0 Å². The number of nitrogens with two attached hydrogens (primary N) is 1. The molecule has 1 aromatic carbocycles. The van der Waals surface area contributed by atoms with Crippen LogP contribution in [0.4, 0.5) is 5.95 Å². The van der Waals surface area contributed by atoms with Gasteiger partial charge in [-0.25, -0.2) is 4.68 Å². The van der Waals surface area contributed by atoms with E-state index in [4.69, 9.17) is 5.73 Å². The standard InChI is InChI=1S/C16H21N5O/c1-20-16(21-11-5-8-13(21)15(17)22)18-14(19-20)10-9-12-6-3-2-4-7-12/h2-4,6-7,13H,5,8-11H2,1H3,(H2,17,22). The zero-order chi connectivity index (χ0) is 15.5. The third-order valence-corrected chi connectivity index (χ3v) is 4.10. The molecule has 1 unspecified atom stereocenters. The number of hydrogen-bond acceptors (Lipinski definition) is 4. The number of nitrogens with zero attached hydrogens (tertiary/aromatic N) is 4. The lowest BCUT2D eigenvalue weighted by Gasteiger charge is -2.22. The summed E-state index contributed by atoms with van der Waals surface area (Å²) >= 11 is 0. The van der Waals surface area contributed by atoms with Gasteiger partial charge in [0.05, 0.1) is 0 Å². The van der Waals surface area contributed by atoms with E-state index in [-0.39, 0.29) is 11.9 Å². The van der Waals surface area contributed by atoms with Crippen molar-refractivity contribution in [3.05, 3.63) is 41.7 Å². The molecule has 1 saturated heterocycles. The normalized spacial score (nSPS) is 17.9. The van der Waals surface area contributed by atoms with Crippen LogP contribution in [0.5, 0.6) is 0 Å². The minimum absolute atomic E-state index is 0.259. The lowest BCUT2D eigenvalue weighted by Crippen LogP contribution is -2.41.